The highest BCUT2D eigenvalue weighted by atomic mass is 32.2. The standard InChI is InChI=1S/C38H44F3NO10SSi/c1-37(2,3)54(29-16-10-6-11-17-29,30-18-12-7-13-19-30)51-24-28(23-47-25-46-4)42-32(21-43)31-20-33(48-22-27-14-8-5-9-15-27)35(36-34(31)49-26-50-36)52-53(44,45)38(39,40)41/h5-20,28,32,42-43H,21-26H2,1-4H3/t28-,32-/m0/s1. The van der Waals surface area contributed by atoms with E-state index in [-0.39, 0.29) is 48.7 Å². The van der Waals surface area contributed by atoms with Crippen molar-refractivity contribution in [3.63, 3.8) is 0 Å². The van der Waals surface area contributed by atoms with Crippen LogP contribution >= 0.6 is 0 Å². The van der Waals surface area contributed by atoms with E-state index in [0.717, 1.165) is 10.4 Å². The summed E-state index contributed by atoms with van der Waals surface area (Å²) in [5.74, 6) is -1.79. The Bertz CT molecular complexity index is 1880. The van der Waals surface area contributed by atoms with Crippen LogP contribution in [0.4, 0.5) is 13.2 Å². The molecule has 5 rings (SSSR count). The maximum Gasteiger partial charge on any atom is 0.534 e. The Balaban J connectivity index is 1.54. The van der Waals surface area contributed by atoms with Gasteiger partial charge in [0.25, 0.3) is 8.32 Å². The molecule has 0 amide bonds. The molecule has 0 saturated heterocycles. The molecule has 0 spiro atoms. The van der Waals surface area contributed by atoms with E-state index in [4.69, 9.17) is 28.1 Å². The van der Waals surface area contributed by atoms with E-state index in [9.17, 15) is 26.7 Å². The predicted molar refractivity (Wildman–Crippen MR) is 197 cm³/mol. The zero-order chi connectivity index (χ0) is 39.0. The molecule has 2 N–H and O–H groups in total. The van der Waals surface area contributed by atoms with Gasteiger partial charge in [0, 0.05) is 12.7 Å². The van der Waals surface area contributed by atoms with Crippen LogP contribution < -0.4 is 34.1 Å². The SMILES string of the molecule is COCOC[C@@H](CO[Si](c1ccccc1)(c1ccccc1)C(C)(C)C)N[C@@H](CO)c1cc(OCc2ccccc2)c(OS(=O)(=O)C(F)(F)F)c2c1OCO2. The van der Waals surface area contributed by atoms with Gasteiger partial charge in [0.05, 0.1) is 31.9 Å². The predicted octanol–water partition coefficient (Wildman–Crippen LogP) is 5.41. The normalized spacial score (nSPS) is 14.4. The molecule has 0 aliphatic carbocycles. The van der Waals surface area contributed by atoms with Crippen LogP contribution in [0.3, 0.4) is 0 Å². The van der Waals surface area contributed by atoms with Crippen molar-refractivity contribution in [1.29, 1.82) is 0 Å². The van der Waals surface area contributed by atoms with Gasteiger partial charge >= 0.3 is 15.6 Å². The summed E-state index contributed by atoms with van der Waals surface area (Å²) in [6.45, 7) is 5.35. The van der Waals surface area contributed by atoms with E-state index in [1.165, 1.54) is 13.2 Å². The number of alkyl halides is 3. The molecular formula is C38H44F3NO10SSi. The Kier molecular flexibility index (Phi) is 13.3. The second-order valence-electron chi connectivity index (χ2n) is 13.5. The Hall–Kier alpha value is -4.16. The Morgan fingerprint density at radius 1 is 0.870 bits per heavy atom. The van der Waals surface area contributed by atoms with Gasteiger partial charge in [-0.1, -0.05) is 112 Å². The van der Waals surface area contributed by atoms with E-state index >= 15 is 0 Å². The topological polar surface area (TPSA) is 131 Å². The molecule has 16 heteroatoms. The highest BCUT2D eigenvalue weighted by Gasteiger charge is 2.51. The van der Waals surface area contributed by atoms with Crippen LogP contribution in [0, 0.1) is 0 Å². The lowest BCUT2D eigenvalue weighted by Crippen LogP contribution is -2.67. The van der Waals surface area contributed by atoms with Crippen LogP contribution in [0.2, 0.25) is 5.04 Å². The largest absolute Gasteiger partial charge is 0.534 e. The summed E-state index contributed by atoms with van der Waals surface area (Å²) in [6, 6.07) is 28.4. The maximum absolute atomic E-state index is 13.5. The molecule has 11 nitrogen and oxygen atoms in total. The van der Waals surface area contributed by atoms with Crippen LogP contribution in [-0.4, -0.2) is 73.9 Å². The lowest BCUT2D eigenvalue weighted by atomic mass is 10.0. The molecule has 54 heavy (non-hydrogen) atoms. The molecule has 4 aromatic rings. The van der Waals surface area contributed by atoms with Gasteiger partial charge < -0.3 is 42.7 Å². The van der Waals surface area contributed by atoms with Crippen molar-refractivity contribution in [3.05, 3.63) is 108 Å². The third-order valence-corrected chi connectivity index (χ3v) is 14.7. The molecule has 0 bridgehead atoms. The fourth-order valence-corrected chi connectivity index (χ4v) is 11.4. The summed E-state index contributed by atoms with van der Waals surface area (Å²) in [4.78, 5) is 0. The number of ether oxygens (including phenoxy) is 5. The molecule has 4 aromatic carbocycles. The lowest BCUT2D eigenvalue weighted by molar-refractivity contribution is -0.0501. The molecule has 1 heterocycles. The molecule has 1 aliphatic rings. The quantitative estimate of drug-likeness (QED) is 0.0441. The maximum atomic E-state index is 13.5. The molecule has 0 aromatic heterocycles. The summed E-state index contributed by atoms with van der Waals surface area (Å²) in [7, 11) is -7.70. The van der Waals surface area contributed by atoms with Gasteiger partial charge in [0.15, 0.2) is 11.5 Å². The van der Waals surface area contributed by atoms with E-state index in [1.54, 1.807) is 30.3 Å². The number of rotatable bonds is 18. The number of methoxy groups -OCH3 is 1. The average Bonchev–Trinajstić information content (AvgIpc) is 3.64. The zero-order valence-electron chi connectivity index (χ0n) is 30.3. The van der Waals surface area contributed by atoms with Crippen molar-refractivity contribution in [3.8, 4) is 23.0 Å². The first kappa shape index (κ1) is 41.0. The molecule has 0 fully saturated rings. The average molecular weight is 792 g/mol. The first-order valence-electron chi connectivity index (χ1n) is 17.0. The van der Waals surface area contributed by atoms with Crippen molar-refractivity contribution in [2.24, 2.45) is 0 Å². The third kappa shape index (κ3) is 9.19. The van der Waals surface area contributed by atoms with Crippen molar-refractivity contribution in [2.45, 2.75) is 50.0 Å². The monoisotopic (exact) mass is 791 g/mol. The molecular weight excluding hydrogens is 748 g/mol. The molecule has 0 saturated carbocycles. The number of nitrogens with one attached hydrogen (secondary N) is 1. The van der Waals surface area contributed by atoms with Gasteiger partial charge in [-0.25, -0.2) is 0 Å². The summed E-state index contributed by atoms with van der Waals surface area (Å²) in [6.07, 6.45) is 0. The lowest BCUT2D eigenvalue weighted by Gasteiger charge is -2.44. The Morgan fingerprint density at radius 2 is 1.44 bits per heavy atom. The van der Waals surface area contributed by atoms with E-state index in [0.29, 0.717) is 5.56 Å². The van der Waals surface area contributed by atoms with Crippen molar-refractivity contribution in [2.75, 3.05) is 40.5 Å². The van der Waals surface area contributed by atoms with E-state index < -0.39 is 60.9 Å². The fraction of sp³-hybridized carbons (Fsp3) is 0.368. The minimum atomic E-state index is -6.15. The summed E-state index contributed by atoms with van der Waals surface area (Å²) in [5, 5.41) is 15.9. The number of aliphatic hydroxyl groups is 1. The van der Waals surface area contributed by atoms with Crippen LogP contribution in [0.5, 0.6) is 23.0 Å². The summed E-state index contributed by atoms with van der Waals surface area (Å²) >= 11 is 0. The number of halogens is 3. The van der Waals surface area contributed by atoms with Gasteiger partial charge in [-0.3, -0.25) is 0 Å². The first-order chi connectivity index (χ1) is 25.7. The molecule has 0 unspecified atom stereocenters. The van der Waals surface area contributed by atoms with Crippen molar-refractivity contribution >= 4 is 28.8 Å². The molecule has 292 valence electrons. The Labute approximate surface area is 314 Å². The van der Waals surface area contributed by atoms with Crippen molar-refractivity contribution < 1.29 is 59.0 Å². The van der Waals surface area contributed by atoms with Gasteiger partial charge in [0.1, 0.15) is 13.4 Å². The summed E-state index contributed by atoms with van der Waals surface area (Å²) < 4.78 is 105. The molecule has 1 aliphatic heterocycles. The van der Waals surface area contributed by atoms with Gasteiger partial charge in [-0.05, 0) is 27.0 Å². The Morgan fingerprint density at radius 3 is 1.98 bits per heavy atom. The second kappa shape index (κ2) is 17.5. The fourth-order valence-electron chi connectivity index (χ4n) is 6.31. The molecule has 2 atom stereocenters. The third-order valence-electron chi connectivity index (χ3n) is 8.74. The number of benzene rings is 4. The van der Waals surface area contributed by atoms with Crippen LogP contribution in [0.15, 0.2) is 97.1 Å². The molecule has 0 radical (unpaired) electrons. The van der Waals surface area contributed by atoms with E-state index in [2.05, 4.69) is 54.5 Å². The summed E-state index contributed by atoms with van der Waals surface area (Å²) in [5.41, 5.74) is -4.91. The van der Waals surface area contributed by atoms with Gasteiger partial charge in [-0.2, -0.15) is 21.6 Å². The van der Waals surface area contributed by atoms with Gasteiger partial charge in [-0.15, -0.1) is 0 Å². The van der Waals surface area contributed by atoms with E-state index in [1.807, 2.05) is 36.4 Å². The number of hydrogen-bond acceptors (Lipinski definition) is 11. The number of aliphatic hydroxyl groups excluding tert-OH is 1. The first-order valence-corrected chi connectivity index (χ1v) is 20.4. The minimum Gasteiger partial charge on any atom is -0.485 e. The van der Waals surface area contributed by atoms with Crippen LogP contribution in [0.25, 0.3) is 0 Å². The number of hydrogen-bond donors (Lipinski definition) is 2. The minimum absolute atomic E-state index is 0.0370. The number of fused-ring (bicyclic) bond motifs is 1. The smallest absolute Gasteiger partial charge is 0.485 e. The van der Waals surface area contributed by atoms with Crippen molar-refractivity contribution in [1.82, 2.24) is 5.32 Å². The van der Waals surface area contributed by atoms with Gasteiger partial charge in [0.2, 0.25) is 18.3 Å². The highest BCUT2D eigenvalue weighted by Crippen LogP contribution is 2.52. The van der Waals surface area contributed by atoms with Crippen LogP contribution in [0.1, 0.15) is 37.9 Å². The van der Waals surface area contributed by atoms with Crippen LogP contribution in [-0.2, 0) is 30.6 Å². The highest BCUT2D eigenvalue weighted by molar-refractivity contribution is 7.88. The zero-order valence-corrected chi connectivity index (χ0v) is 32.1. The second-order valence-corrected chi connectivity index (χ2v) is 19.3.